The molecule has 0 nitrogen and oxygen atoms in total. The van der Waals surface area contributed by atoms with Crippen LogP contribution in [0.3, 0.4) is 0 Å². The molecule has 0 spiro atoms. The van der Waals surface area contributed by atoms with Crippen molar-refractivity contribution in [2.75, 3.05) is 0 Å². The highest BCUT2D eigenvalue weighted by Gasteiger charge is 2.14. The maximum Gasteiger partial charge on any atom is 0.00208 e. The molecule has 0 aromatic heterocycles. The van der Waals surface area contributed by atoms with Gasteiger partial charge in [-0.15, -0.1) is 0 Å². The minimum atomic E-state index is 0.759. The lowest BCUT2D eigenvalue weighted by molar-refractivity contribution is 0.749. The first-order valence-electron chi connectivity index (χ1n) is 3.52. The second-order valence-electron chi connectivity index (χ2n) is 2.63. The summed E-state index contributed by atoms with van der Waals surface area (Å²) in [5.41, 5.74) is 1.53. The average Bonchev–Trinajstić information content (AvgIpc) is 2.33. The van der Waals surface area contributed by atoms with E-state index in [4.69, 9.17) is 0 Å². The molecule has 0 bridgehead atoms. The molecule has 9 heavy (non-hydrogen) atoms. The third kappa shape index (κ3) is 0.748. The summed E-state index contributed by atoms with van der Waals surface area (Å²) in [6.45, 7) is 0. The average molecular weight is 118 g/mol. The summed E-state index contributed by atoms with van der Waals surface area (Å²) in [6, 6.07) is 0. The van der Waals surface area contributed by atoms with E-state index < -0.39 is 0 Å². The minimum Gasteiger partial charge on any atom is -0.0807 e. The van der Waals surface area contributed by atoms with Crippen LogP contribution in [-0.4, -0.2) is 0 Å². The van der Waals surface area contributed by atoms with Crippen LogP contribution in [0.4, 0.5) is 0 Å². The fraction of sp³-hybridized carbons (Fsp3) is 0.333. The maximum absolute atomic E-state index is 2.34. The Morgan fingerprint density at radius 3 is 3.22 bits per heavy atom. The fourth-order valence-corrected chi connectivity index (χ4v) is 1.51. The molecule has 1 atom stereocenters. The molecule has 0 saturated heterocycles. The Kier molecular flexibility index (Phi) is 1.05. The fourth-order valence-electron chi connectivity index (χ4n) is 1.51. The molecule has 2 aliphatic rings. The molecule has 0 aromatic carbocycles. The summed E-state index contributed by atoms with van der Waals surface area (Å²) in [6.07, 6.45) is 13.7. The molecule has 46 valence electrons. The van der Waals surface area contributed by atoms with Crippen molar-refractivity contribution in [2.24, 2.45) is 5.92 Å². The highest BCUT2D eigenvalue weighted by molar-refractivity contribution is 5.35. The van der Waals surface area contributed by atoms with Gasteiger partial charge in [0.05, 0.1) is 0 Å². The first-order valence-corrected chi connectivity index (χ1v) is 3.52. The SMILES string of the molecule is C1=CC2=CCC[C@@H]2C=C1. The second kappa shape index (κ2) is 1.87. The van der Waals surface area contributed by atoms with Crippen molar-refractivity contribution in [3.05, 3.63) is 36.0 Å². The summed E-state index contributed by atoms with van der Waals surface area (Å²) in [5, 5.41) is 0. The first kappa shape index (κ1) is 5.04. The van der Waals surface area contributed by atoms with E-state index in [-0.39, 0.29) is 0 Å². The van der Waals surface area contributed by atoms with Crippen molar-refractivity contribution in [1.82, 2.24) is 0 Å². The largest absolute Gasteiger partial charge is 0.0807 e. The number of hydrogen-bond donors (Lipinski definition) is 0. The minimum absolute atomic E-state index is 0.759. The van der Waals surface area contributed by atoms with E-state index in [1.54, 1.807) is 0 Å². The van der Waals surface area contributed by atoms with Crippen LogP contribution in [-0.2, 0) is 0 Å². The highest BCUT2D eigenvalue weighted by Crippen LogP contribution is 2.29. The van der Waals surface area contributed by atoms with Crippen LogP contribution in [0.2, 0.25) is 0 Å². The molecule has 0 fully saturated rings. The molecule has 0 saturated carbocycles. The Hall–Kier alpha value is -0.780. The Balaban J connectivity index is 2.33. The summed E-state index contributed by atoms with van der Waals surface area (Å²) in [5.74, 6) is 0.759. The standard InChI is InChI=1S/C9H10/c1-2-5-9-7-3-6-8(9)4-1/h1-2,4-6,9H,3,7H2/t9-/m0/s1. The van der Waals surface area contributed by atoms with E-state index in [1.807, 2.05) is 0 Å². The molecule has 0 heterocycles. The quantitative estimate of drug-likeness (QED) is 0.458. The normalized spacial score (nSPS) is 30.2. The second-order valence-corrected chi connectivity index (χ2v) is 2.63. The number of fused-ring (bicyclic) bond motifs is 1. The van der Waals surface area contributed by atoms with Crippen molar-refractivity contribution < 1.29 is 0 Å². The zero-order valence-electron chi connectivity index (χ0n) is 5.38. The number of allylic oxidation sites excluding steroid dienone is 6. The van der Waals surface area contributed by atoms with Crippen molar-refractivity contribution >= 4 is 0 Å². The van der Waals surface area contributed by atoms with Crippen LogP contribution in [0.5, 0.6) is 0 Å². The third-order valence-electron chi connectivity index (χ3n) is 2.03. The first-order chi connectivity index (χ1) is 4.47. The van der Waals surface area contributed by atoms with Crippen molar-refractivity contribution in [3.8, 4) is 0 Å². The van der Waals surface area contributed by atoms with Crippen LogP contribution >= 0.6 is 0 Å². The predicted octanol–water partition coefficient (Wildman–Crippen LogP) is 2.45. The molecule has 0 N–H and O–H groups in total. The van der Waals surface area contributed by atoms with Crippen LogP contribution < -0.4 is 0 Å². The molecule has 2 rings (SSSR count). The van der Waals surface area contributed by atoms with Gasteiger partial charge in [0.2, 0.25) is 0 Å². The van der Waals surface area contributed by atoms with E-state index >= 15 is 0 Å². The summed E-state index contributed by atoms with van der Waals surface area (Å²) < 4.78 is 0. The molecular formula is C9H10. The lowest BCUT2D eigenvalue weighted by Gasteiger charge is -2.07. The summed E-state index contributed by atoms with van der Waals surface area (Å²) in [4.78, 5) is 0. The zero-order chi connectivity index (χ0) is 6.10. The molecule has 0 heteroatoms. The zero-order valence-corrected chi connectivity index (χ0v) is 5.38. The molecule has 0 aromatic rings. The Bertz CT molecular complexity index is 191. The van der Waals surface area contributed by atoms with Gasteiger partial charge in [-0.25, -0.2) is 0 Å². The van der Waals surface area contributed by atoms with Crippen molar-refractivity contribution in [2.45, 2.75) is 12.8 Å². The Morgan fingerprint density at radius 1 is 1.33 bits per heavy atom. The molecule has 0 radical (unpaired) electrons. The smallest absolute Gasteiger partial charge is 0.00208 e. The van der Waals surface area contributed by atoms with Gasteiger partial charge in [0.25, 0.3) is 0 Å². The number of rotatable bonds is 0. The van der Waals surface area contributed by atoms with E-state index in [0.29, 0.717) is 0 Å². The summed E-state index contributed by atoms with van der Waals surface area (Å²) in [7, 11) is 0. The predicted molar refractivity (Wildman–Crippen MR) is 39.1 cm³/mol. The van der Waals surface area contributed by atoms with E-state index in [2.05, 4.69) is 30.4 Å². The van der Waals surface area contributed by atoms with E-state index in [1.165, 1.54) is 18.4 Å². The number of hydrogen-bond acceptors (Lipinski definition) is 0. The van der Waals surface area contributed by atoms with Gasteiger partial charge >= 0.3 is 0 Å². The van der Waals surface area contributed by atoms with Gasteiger partial charge in [-0.05, 0) is 18.4 Å². The third-order valence-corrected chi connectivity index (χ3v) is 2.03. The van der Waals surface area contributed by atoms with Gasteiger partial charge in [0, 0.05) is 5.92 Å². The Labute approximate surface area is 55.6 Å². The monoisotopic (exact) mass is 118 g/mol. The molecule has 0 aliphatic heterocycles. The molecule has 0 amide bonds. The molecule has 2 aliphatic carbocycles. The van der Waals surface area contributed by atoms with Crippen molar-refractivity contribution in [3.63, 3.8) is 0 Å². The topological polar surface area (TPSA) is 0 Å². The Morgan fingerprint density at radius 2 is 2.33 bits per heavy atom. The van der Waals surface area contributed by atoms with Crippen LogP contribution in [0, 0.1) is 5.92 Å². The lowest BCUT2D eigenvalue weighted by atomic mass is 9.97. The lowest BCUT2D eigenvalue weighted by Crippen LogP contribution is -1.94. The maximum atomic E-state index is 2.34. The highest BCUT2D eigenvalue weighted by atomic mass is 14.2. The van der Waals surface area contributed by atoms with Gasteiger partial charge < -0.3 is 0 Å². The van der Waals surface area contributed by atoms with Crippen molar-refractivity contribution in [1.29, 1.82) is 0 Å². The van der Waals surface area contributed by atoms with E-state index in [0.717, 1.165) is 5.92 Å². The van der Waals surface area contributed by atoms with Gasteiger partial charge in [-0.2, -0.15) is 0 Å². The molecular weight excluding hydrogens is 108 g/mol. The van der Waals surface area contributed by atoms with E-state index in [9.17, 15) is 0 Å². The summed E-state index contributed by atoms with van der Waals surface area (Å²) >= 11 is 0. The van der Waals surface area contributed by atoms with Crippen LogP contribution in [0.1, 0.15) is 12.8 Å². The van der Waals surface area contributed by atoms with Gasteiger partial charge in [0.1, 0.15) is 0 Å². The van der Waals surface area contributed by atoms with Gasteiger partial charge in [-0.1, -0.05) is 30.4 Å². The van der Waals surface area contributed by atoms with Crippen LogP contribution in [0.25, 0.3) is 0 Å². The molecule has 0 unspecified atom stereocenters. The van der Waals surface area contributed by atoms with Gasteiger partial charge in [-0.3, -0.25) is 0 Å². The van der Waals surface area contributed by atoms with Crippen LogP contribution in [0.15, 0.2) is 36.0 Å². The van der Waals surface area contributed by atoms with Gasteiger partial charge in [0.15, 0.2) is 0 Å².